The number of hydrogen-bond donors (Lipinski definition) is 8. The van der Waals surface area contributed by atoms with Gasteiger partial charge in [-0.1, -0.05) is 60.6 Å². The highest BCUT2D eigenvalue weighted by Crippen LogP contribution is 2.43. The zero-order valence-corrected chi connectivity index (χ0v) is 56.5. The Morgan fingerprint density at radius 2 is 1.49 bits per heavy atom. The van der Waals surface area contributed by atoms with Crippen LogP contribution in [0, 0.1) is 0 Å². The van der Waals surface area contributed by atoms with E-state index in [1.54, 1.807) is 17.0 Å². The van der Waals surface area contributed by atoms with Gasteiger partial charge in [-0.2, -0.15) is 8.42 Å². The minimum atomic E-state index is -4.97. The van der Waals surface area contributed by atoms with Gasteiger partial charge in [-0.25, -0.2) is 36.2 Å². The van der Waals surface area contributed by atoms with Gasteiger partial charge in [-0.15, -0.1) is 0 Å². The smallest absolute Gasteiger partial charge is 0.331 e. The number of nitrogens with two attached hydrogens (primary N) is 1. The van der Waals surface area contributed by atoms with E-state index >= 15 is 0 Å². The largest absolute Gasteiger partial charge is 0.456 e. The fourth-order valence-corrected chi connectivity index (χ4v) is 14.4. The van der Waals surface area contributed by atoms with E-state index in [4.69, 9.17) is 10.2 Å². The van der Waals surface area contributed by atoms with Crippen LogP contribution < -0.4 is 61.0 Å². The fourth-order valence-electron chi connectivity index (χ4n) is 11.8. The molecular formula is C66H92N13O10S3+3. The number of likely N-dealkylation sites (tertiary alicyclic amines) is 1. The summed E-state index contributed by atoms with van der Waals surface area (Å²) in [6.07, 6.45) is 9.23. The summed E-state index contributed by atoms with van der Waals surface area (Å²) < 4.78 is 81.7. The number of rotatable bonds is 32. The number of carbonyl (C=O) groups is 4. The van der Waals surface area contributed by atoms with Crippen LogP contribution in [-0.2, 0) is 68.0 Å². The van der Waals surface area contributed by atoms with Crippen molar-refractivity contribution in [3.8, 4) is 22.5 Å². The second kappa shape index (κ2) is 32.7. The van der Waals surface area contributed by atoms with Crippen LogP contribution in [0.3, 0.4) is 0 Å². The van der Waals surface area contributed by atoms with Crippen molar-refractivity contribution in [2.24, 2.45) is 14.1 Å². The number of benzene rings is 4. The highest BCUT2D eigenvalue weighted by molar-refractivity contribution is 7.89. The third-order valence-corrected chi connectivity index (χ3v) is 20.4. The Bertz CT molecular complexity index is 3950. The van der Waals surface area contributed by atoms with Crippen molar-refractivity contribution in [2.45, 2.75) is 133 Å². The topological polar surface area (TPSA) is 290 Å². The molecule has 1 saturated heterocycles. The summed E-state index contributed by atoms with van der Waals surface area (Å²) in [5.74, 6) is -0.689. The lowest BCUT2D eigenvalue weighted by atomic mass is 9.93. The number of piperidine rings is 1. The Labute approximate surface area is 544 Å². The maximum atomic E-state index is 14.4. The molecule has 5 aromatic rings. The SMILES string of the molecule is CCN(CC)c1ccc2c(-c3ccc(S(=O)(=O)NCCCCCCNC(=O)NCCCC[C@H](NC(=O)Cc4csc(N)[n+]4C)C(=O)N[C@@H](Cc4c[n+](Cc5ccccc5)cn4C)C(=O)NC4CCN(C)CC4)cc3S(=O)(=O)O)c3ccc(=[N+](CC)CC)cc-3oc2c1. The quantitative estimate of drug-likeness (QED) is 0.0116. The summed E-state index contributed by atoms with van der Waals surface area (Å²) in [6, 6.07) is 22.8. The van der Waals surface area contributed by atoms with E-state index < -0.39 is 43.0 Å². The number of nitrogens with one attached hydrogen (secondary N) is 6. The molecule has 23 nitrogen and oxygen atoms in total. The van der Waals surface area contributed by atoms with E-state index in [9.17, 15) is 40.6 Å². The average molecular weight is 1320 g/mol. The van der Waals surface area contributed by atoms with E-state index in [0.717, 1.165) is 80.5 Å². The van der Waals surface area contributed by atoms with E-state index in [0.29, 0.717) is 90.3 Å². The molecule has 496 valence electrons. The molecule has 0 unspecified atom stereocenters. The van der Waals surface area contributed by atoms with Gasteiger partial charge in [0, 0.05) is 90.5 Å². The predicted molar refractivity (Wildman–Crippen MR) is 358 cm³/mol. The fraction of sp³-hybridized carbons (Fsp3) is 0.470. The molecule has 3 aromatic carbocycles. The lowest BCUT2D eigenvalue weighted by Gasteiger charge is -2.31. The van der Waals surface area contributed by atoms with Crippen LogP contribution in [-0.4, -0.2) is 139 Å². The molecule has 2 aromatic heterocycles. The standard InChI is InChI=1S/C66H89N13O10S3/c1-8-78(9-2)48-24-27-53-58(38-48)89-59-39-49(79(10-3)11-4)25-28-54(59)62(53)55-29-26-52(41-60(55)92(86,87)88)91(84,85)70-34-19-13-12-18-32-68-66(83)69-33-20-17-23-56(72-61(80)40-51-44-90-65(67)76(51)7)63(81)73-57(64(82)71-47-30-35-74(5)36-31-47)37-50-43-77(45-75(50)6)42-46-21-15-14-16-22-46/h14-16,21-22,24-29,38-39,41,43-45,47,56-57,67,70H,8-13,17-20,23,30-37,40,42H2,1-7H3,(H4-2,68,69,71,72,73,80,81,82,83,86,87,88)/p+3/t56-,57-/m0/s1. The summed E-state index contributed by atoms with van der Waals surface area (Å²) in [6.45, 7) is 14.2. The van der Waals surface area contributed by atoms with Crippen molar-refractivity contribution in [3.05, 3.63) is 125 Å². The Kier molecular flexibility index (Phi) is 24.9. The van der Waals surface area contributed by atoms with Gasteiger partial charge >= 0.3 is 11.2 Å². The highest BCUT2D eigenvalue weighted by atomic mass is 32.2. The molecule has 1 fully saturated rings. The molecule has 2 atom stereocenters. The van der Waals surface area contributed by atoms with Crippen LogP contribution in [0.2, 0.25) is 0 Å². The van der Waals surface area contributed by atoms with Crippen molar-refractivity contribution in [3.63, 3.8) is 0 Å². The number of amides is 5. The number of imidazole rings is 1. The molecule has 0 radical (unpaired) electrons. The normalized spacial score (nSPS) is 13.8. The van der Waals surface area contributed by atoms with Gasteiger partial charge in [0.15, 0.2) is 0 Å². The Morgan fingerprint density at radius 1 is 0.804 bits per heavy atom. The van der Waals surface area contributed by atoms with Crippen molar-refractivity contribution < 1.29 is 54.1 Å². The minimum Gasteiger partial charge on any atom is -0.456 e. The van der Waals surface area contributed by atoms with E-state index in [2.05, 4.69) is 80.4 Å². The second-order valence-corrected chi connectivity index (χ2v) is 27.6. The van der Waals surface area contributed by atoms with Gasteiger partial charge in [0.1, 0.15) is 65.5 Å². The molecule has 1 aliphatic carbocycles. The van der Waals surface area contributed by atoms with Crippen molar-refractivity contribution >= 4 is 77.0 Å². The maximum absolute atomic E-state index is 14.4. The lowest BCUT2D eigenvalue weighted by molar-refractivity contribution is -0.688. The number of unbranched alkanes of at least 4 members (excludes halogenated alkanes) is 4. The third-order valence-electron chi connectivity index (χ3n) is 17.1. The van der Waals surface area contributed by atoms with Crippen LogP contribution in [0.4, 0.5) is 15.6 Å². The van der Waals surface area contributed by atoms with Gasteiger partial charge in [0.05, 0.1) is 31.5 Å². The predicted octanol–water partition coefficient (Wildman–Crippen LogP) is 5.23. The molecule has 0 saturated carbocycles. The van der Waals surface area contributed by atoms with Crippen molar-refractivity contribution in [1.29, 1.82) is 0 Å². The van der Waals surface area contributed by atoms with Crippen LogP contribution >= 0.6 is 11.3 Å². The minimum absolute atomic E-state index is 0.0151. The number of nitrogen functional groups attached to an aromatic ring is 1. The average Bonchev–Trinajstić information content (AvgIpc) is 0.830. The first-order chi connectivity index (χ1) is 44.1. The second-order valence-electron chi connectivity index (χ2n) is 23.6. The zero-order chi connectivity index (χ0) is 66.1. The summed E-state index contributed by atoms with van der Waals surface area (Å²) in [7, 11) is -3.47. The maximum Gasteiger partial charge on any atom is 0.331 e. The number of sulfonamides is 1. The summed E-state index contributed by atoms with van der Waals surface area (Å²) in [5, 5.41) is 18.7. The van der Waals surface area contributed by atoms with E-state index in [-0.39, 0.29) is 66.7 Å². The van der Waals surface area contributed by atoms with E-state index in [1.165, 1.54) is 23.5 Å². The molecule has 8 rings (SSSR count). The molecule has 0 bridgehead atoms. The Morgan fingerprint density at radius 3 is 2.15 bits per heavy atom. The number of carbonyl (C=O) groups excluding carboxylic acids is 4. The molecule has 0 spiro atoms. The van der Waals surface area contributed by atoms with Gasteiger partial charge in [-0.3, -0.25) is 24.7 Å². The van der Waals surface area contributed by atoms with Gasteiger partial charge < -0.3 is 40.8 Å². The van der Waals surface area contributed by atoms with Crippen molar-refractivity contribution in [1.82, 2.24) is 45.3 Å². The molecule has 9 N–H and O–H groups in total. The molecule has 4 heterocycles. The zero-order valence-electron chi connectivity index (χ0n) is 54.0. The van der Waals surface area contributed by atoms with Gasteiger partial charge in [-0.05, 0) is 129 Å². The summed E-state index contributed by atoms with van der Waals surface area (Å²) in [4.78, 5) is 58.6. The number of fused-ring (bicyclic) bond motifs is 2. The Balaban J connectivity index is 0.829. The summed E-state index contributed by atoms with van der Waals surface area (Å²) >= 11 is 1.31. The highest BCUT2D eigenvalue weighted by Gasteiger charge is 2.32. The number of urea groups is 1. The van der Waals surface area contributed by atoms with Crippen LogP contribution in [0.1, 0.15) is 102 Å². The Hall–Kier alpha value is -7.75. The first-order valence-electron chi connectivity index (χ1n) is 31.9. The van der Waals surface area contributed by atoms with Crippen LogP contribution in [0.5, 0.6) is 0 Å². The van der Waals surface area contributed by atoms with Crippen LogP contribution in [0.25, 0.3) is 33.4 Å². The monoisotopic (exact) mass is 1320 g/mol. The third kappa shape index (κ3) is 18.7. The molecular weight excluding hydrogens is 1230 g/mol. The van der Waals surface area contributed by atoms with Gasteiger partial charge in [0.25, 0.3) is 10.1 Å². The number of thiazole rings is 1. The molecule has 2 aliphatic heterocycles. The lowest BCUT2D eigenvalue weighted by Crippen LogP contribution is -2.56. The van der Waals surface area contributed by atoms with Crippen LogP contribution in [0.15, 0.2) is 117 Å². The number of aryl methyl sites for hydroxylation is 1. The number of nitrogens with zero attached hydrogens (tertiary/aromatic N) is 6. The number of aromatic nitrogens is 3. The number of hydrogen-bond acceptors (Lipinski definition) is 13. The van der Waals surface area contributed by atoms with Crippen molar-refractivity contribution in [2.75, 3.05) is 76.6 Å². The first kappa shape index (κ1) is 70.1. The molecule has 3 aliphatic rings. The number of anilines is 2. The molecule has 92 heavy (non-hydrogen) atoms. The first-order valence-corrected chi connectivity index (χ1v) is 35.7. The van der Waals surface area contributed by atoms with E-state index in [1.807, 2.05) is 95.4 Å². The summed E-state index contributed by atoms with van der Waals surface area (Å²) in [5.41, 5.74) is 11.3. The van der Waals surface area contributed by atoms with Gasteiger partial charge in [0.2, 0.25) is 39.4 Å². The molecule has 26 heteroatoms. The molecule has 5 amide bonds.